The molecule has 0 fully saturated rings. The maximum atomic E-state index is 12.9. The molecule has 3 atom stereocenters. The van der Waals surface area contributed by atoms with Crippen LogP contribution in [-0.2, 0) is 18.4 Å². The van der Waals surface area contributed by atoms with Crippen LogP contribution in [0.25, 0.3) is 0 Å². The number of amides is 1. The average Bonchev–Trinajstić information content (AvgIpc) is 3.21. The van der Waals surface area contributed by atoms with Crippen molar-refractivity contribution in [1.82, 2.24) is 5.32 Å². The van der Waals surface area contributed by atoms with Crippen LogP contribution in [0.15, 0.2) is 12.2 Å². The van der Waals surface area contributed by atoms with Crippen molar-refractivity contribution in [2.24, 2.45) is 0 Å². The van der Waals surface area contributed by atoms with Crippen LogP contribution in [-0.4, -0.2) is 73.4 Å². The first kappa shape index (κ1) is 60.2. The largest absolute Gasteiger partial charge is 0.472 e. The lowest BCUT2D eigenvalue weighted by Gasteiger charge is -2.26. The Kier molecular flexibility index (Phi) is 43.9. The number of quaternary nitrogens is 1. The molecule has 1 amide bonds. The number of hydrogen-bond acceptors (Lipinski definition) is 5. The Bertz CT molecular complexity index is 1000. The molecule has 0 aliphatic carbocycles. The van der Waals surface area contributed by atoms with Gasteiger partial charge >= 0.3 is 7.82 Å². The zero-order chi connectivity index (χ0) is 45.0. The number of hydrogen-bond donors (Lipinski definition) is 3. The zero-order valence-corrected chi connectivity index (χ0v) is 42.3. The van der Waals surface area contributed by atoms with Crippen molar-refractivity contribution in [2.45, 2.75) is 276 Å². The van der Waals surface area contributed by atoms with Crippen LogP contribution in [0, 0.1) is 0 Å². The highest BCUT2D eigenvalue weighted by Gasteiger charge is 2.28. The Morgan fingerprint density at radius 3 is 1.26 bits per heavy atom. The molecule has 0 saturated carbocycles. The van der Waals surface area contributed by atoms with Gasteiger partial charge in [0, 0.05) is 6.42 Å². The van der Waals surface area contributed by atoms with Crippen LogP contribution in [0.3, 0.4) is 0 Å². The smallest absolute Gasteiger partial charge is 0.391 e. The molecule has 0 heterocycles. The van der Waals surface area contributed by atoms with Crippen LogP contribution in [0.1, 0.15) is 264 Å². The lowest BCUT2D eigenvalue weighted by atomic mass is 10.0. The molecular formula is C52H106N2O6P+. The summed E-state index contributed by atoms with van der Waals surface area (Å²) in [6.07, 6.45) is 52.6. The number of allylic oxidation sites excluding steroid dienone is 2. The molecule has 0 spiro atoms. The SMILES string of the molecule is CCCCCCCCCCCCCC/C=C\CCCCCCCCCCCCCC(=O)NC(COP(=O)(O)OCC[N+](C)(C)C)C(O)CCCCCCCCCCCCCC. The van der Waals surface area contributed by atoms with Gasteiger partial charge in [0.1, 0.15) is 13.2 Å². The Morgan fingerprint density at radius 2 is 0.885 bits per heavy atom. The van der Waals surface area contributed by atoms with E-state index in [0.717, 1.165) is 38.5 Å². The van der Waals surface area contributed by atoms with Gasteiger partial charge in [0.25, 0.3) is 0 Å². The third kappa shape index (κ3) is 47.0. The monoisotopic (exact) mass is 886 g/mol. The molecule has 9 heteroatoms. The normalized spacial score (nSPS) is 14.1. The standard InChI is InChI=1S/C52H105N2O6P/c1-6-8-10-12-14-16-18-20-21-22-23-24-25-26-27-28-29-30-31-32-33-34-36-38-40-42-44-46-52(56)53-50(49-60-61(57,58)59-48-47-54(3,4)5)51(55)45-43-41-39-37-35-19-17-15-13-11-9-7-2/h26-27,50-51,55H,6-25,28-49H2,1-5H3,(H-,53,56,57,58)/p+1/b27-26-. The minimum absolute atomic E-state index is 0.0767. The first-order valence-electron chi connectivity index (χ1n) is 26.6. The quantitative estimate of drug-likeness (QED) is 0.0243. The van der Waals surface area contributed by atoms with E-state index in [1.54, 1.807) is 0 Å². The highest BCUT2D eigenvalue weighted by Crippen LogP contribution is 2.43. The number of phosphoric acid groups is 1. The lowest BCUT2D eigenvalue weighted by Crippen LogP contribution is -2.46. The summed E-state index contributed by atoms with van der Waals surface area (Å²) in [7, 11) is 1.62. The number of aliphatic hydroxyl groups is 1. The number of unbranched alkanes of at least 4 members (excludes halogenated alkanes) is 34. The Labute approximate surface area is 380 Å². The van der Waals surface area contributed by atoms with Crippen LogP contribution in [0.5, 0.6) is 0 Å². The molecule has 0 radical (unpaired) electrons. The molecule has 0 rings (SSSR count). The Balaban J connectivity index is 4.08. The van der Waals surface area contributed by atoms with Crippen LogP contribution in [0.4, 0.5) is 0 Å². The summed E-state index contributed by atoms with van der Waals surface area (Å²) in [4.78, 5) is 23.2. The average molecular weight is 886 g/mol. The van der Waals surface area contributed by atoms with Crippen molar-refractivity contribution in [3.05, 3.63) is 12.2 Å². The van der Waals surface area contributed by atoms with Crippen LogP contribution >= 0.6 is 7.82 Å². The molecule has 0 aromatic carbocycles. The van der Waals surface area contributed by atoms with Crippen molar-refractivity contribution in [3.8, 4) is 0 Å². The van der Waals surface area contributed by atoms with E-state index in [0.29, 0.717) is 23.9 Å². The number of aliphatic hydroxyl groups excluding tert-OH is 1. The number of phosphoric ester groups is 1. The fourth-order valence-electron chi connectivity index (χ4n) is 8.04. The summed E-state index contributed by atoms with van der Waals surface area (Å²) in [5, 5.41) is 14.0. The summed E-state index contributed by atoms with van der Waals surface area (Å²) in [5.41, 5.74) is 0. The summed E-state index contributed by atoms with van der Waals surface area (Å²) in [5.74, 6) is -0.142. The molecule has 0 aromatic rings. The van der Waals surface area contributed by atoms with Gasteiger partial charge in [-0.1, -0.05) is 231 Å². The maximum absolute atomic E-state index is 12.9. The second-order valence-electron chi connectivity index (χ2n) is 19.6. The summed E-state index contributed by atoms with van der Waals surface area (Å²) < 4.78 is 23.7. The number of likely N-dealkylation sites (N-methyl/N-ethyl adjacent to an activating group) is 1. The molecule has 0 aliphatic rings. The van der Waals surface area contributed by atoms with Gasteiger partial charge in [-0.2, -0.15) is 0 Å². The molecule has 3 N–H and O–H groups in total. The Hall–Kier alpha value is -0.760. The lowest BCUT2D eigenvalue weighted by molar-refractivity contribution is -0.870. The summed E-state index contributed by atoms with van der Waals surface area (Å²) in [6, 6.07) is -0.756. The van der Waals surface area contributed by atoms with E-state index >= 15 is 0 Å². The number of nitrogens with one attached hydrogen (secondary N) is 1. The van der Waals surface area contributed by atoms with Gasteiger partial charge in [0.05, 0.1) is 39.9 Å². The third-order valence-electron chi connectivity index (χ3n) is 12.3. The number of carbonyl (C=O) groups excluding carboxylic acids is 1. The van der Waals surface area contributed by atoms with Gasteiger partial charge in [-0.3, -0.25) is 13.8 Å². The predicted molar refractivity (Wildman–Crippen MR) is 263 cm³/mol. The Morgan fingerprint density at radius 1 is 0.541 bits per heavy atom. The fourth-order valence-corrected chi connectivity index (χ4v) is 8.78. The molecule has 0 aromatic heterocycles. The van der Waals surface area contributed by atoms with Gasteiger partial charge in [-0.25, -0.2) is 4.57 Å². The topological polar surface area (TPSA) is 105 Å². The van der Waals surface area contributed by atoms with Gasteiger partial charge in [0.2, 0.25) is 5.91 Å². The van der Waals surface area contributed by atoms with Gasteiger partial charge in [0.15, 0.2) is 0 Å². The second-order valence-corrected chi connectivity index (χ2v) is 21.1. The van der Waals surface area contributed by atoms with Crippen molar-refractivity contribution in [3.63, 3.8) is 0 Å². The van der Waals surface area contributed by atoms with E-state index in [1.165, 1.54) is 199 Å². The molecule has 0 aliphatic heterocycles. The third-order valence-corrected chi connectivity index (χ3v) is 13.2. The molecular weight excluding hydrogens is 780 g/mol. The highest BCUT2D eigenvalue weighted by molar-refractivity contribution is 7.47. The maximum Gasteiger partial charge on any atom is 0.472 e. The fraction of sp³-hybridized carbons (Fsp3) is 0.942. The zero-order valence-electron chi connectivity index (χ0n) is 41.4. The summed E-state index contributed by atoms with van der Waals surface area (Å²) >= 11 is 0. The van der Waals surface area contributed by atoms with E-state index in [-0.39, 0.29) is 19.1 Å². The van der Waals surface area contributed by atoms with Gasteiger partial charge in [-0.05, 0) is 38.5 Å². The van der Waals surface area contributed by atoms with Gasteiger partial charge in [-0.15, -0.1) is 0 Å². The van der Waals surface area contributed by atoms with Crippen LogP contribution < -0.4 is 5.32 Å². The van der Waals surface area contributed by atoms with Crippen molar-refractivity contribution in [1.29, 1.82) is 0 Å². The first-order chi connectivity index (χ1) is 29.5. The van der Waals surface area contributed by atoms with Crippen LogP contribution in [0.2, 0.25) is 0 Å². The van der Waals surface area contributed by atoms with E-state index in [4.69, 9.17) is 9.05 Å². The molecule has 364 valence electrons. The highest BCUT2D eigenvalue weighted by atomic mass is 31.2. The molecule has 0 saturated heterocycles. The van der Waals surface area contributed by atoms with Gasteiger partial charge < -0.3 is 19.8 Å². The molecule has 3 unspecified atom stereocenters. The molecule has 8 nitrogen and oxygen atoms in total. The van der Waals surface area contributed by atoms with Crippen molar-refractivity contribution in [2.75, 3.05) is 40.9 Å². The molecule has 0 bridgehead atoms. The van der Waals surface area contributed by atoms with Crippen molar-refractivity contribution < 1.29 is 32.9 Å². The summed E-state index contributed by atoms with van der Waals surface area (Å²) in [6.45, 7) is 4.91. The molecule has 61 heavy (non-hydrogen) atoms. The minimum Gasteiger partial charge on any atom is -0.391 e. The van der Waals surface area contributed by atoms with E-state index in [1.807, 2.05) is 21.1 Å². The number of nitrogens with zero attached hydrogens (tertiary/aromatic N) is 1. The van der Waals surface area contributed by atoms with E-state index < -0.39 is 20.0 Å². The van der Waals surface area contributed by atoms with Crippen molar-refractivity contribution >= 4 is 13.7 Å². The first-order valence-corrected chi connectivity index (χ1v) is 28.0. The minimum atomic E-state index is -4.31. The second kappa shape index (κ2) is 44.4. The van der Waals surface area contributed by atoms with E-state index in [9.17, 15) is 19.4 Å². The predicted octanol–water partition coefficient (Wildman–Crippen LogP) is 15.5. The number of carbonyl (C=O) groups is 1. The van der Waals surface area contributed by atoms with E-state index in [2.05, 4.69) is 31.3 Å². The number of rotatable bonds is 49.